The van der Waals surface area contributed by atoms with Gasteiger partial charge in [-0.05, 0) is 24.1 Å². The number of carbonyl (C=O) groups excluding carboxylic acids is 1. The number of nitrogen functional groups attached to an aromatic ring is 1. The van der Waals surface area contributed by atoms with E-state index >= 15 is 0 Å². The minimum absolute atomic E-state index is 0.0827. The van der Waals surface area contributed by atoms with Crippen LogP contribution in [0, 0.1) is 0 Å². The highest BCUT2D eigenvalue weighted by atomic mass is 35.5. The lowest BCUT2D eigenvalue weighted by atomic mass is 10.1. The van der Waals surface area contributed by atoms with Gasteiger partial charge in [0.1, 0.15) is 0 Å². The van der Waals surface area contributed by atoms with Gasteiger partial charge in [-0.1, -0.05) is 54.9 Å². The largest absolute Gasteiger partial charge is 0.397 e. The van der Waals surface area contributed by atoms with E-state index in [1.807, 2.05) is 37.3 Å². The summed E-state index contributed by atoms with van der Waals surface area (Å²) in [6.07, 6.45) is 0.888. The Bertz CT molecular complexity index is 613. The fraction of sp³-hybridized carbons (Fsp3) is 0.235. The first-order chi connectivity index (χ1) is 10.1. The van der Waals surface area contributed by atoms with Gasteiger partial charge in [-0.2, -0.15) is 0 Å². The molecule has 0 aromatic heterocycles. The van der Waals surface area contributed by atoms with E-state index in [1.54, 1.807) is 23.1 Å². The molecule has 0 unspecified atom stereocenters. The van der Waals surface area contributed by atoms with Crippen molar-refractivity contribution in [3.8, 4) is 0 Å². The fourth-order valence-electron chi connectivity index (χ4n) is 2.22. The van der Waals surface area contributed by atoms with Crippen molar-refractivity contribution in [3.63, 3.8) is 0 Å². The summed E-state index contributed by atoms with van der Waals surface area (Å²) in [6.45, 7) is 3.30. The van der Waals surface area contributed by atoms with Crippen LogP contribution >= 0.6 is 11.6 Å². The summed E-state index contributed by atoms with van der Waals surface area (Å²) >= 11 is 6.00. The highest BCUT2D eigenvalue weighted by Gasteiger charge is 2.18. The normalized spacial score (nSPS) is 10.4. The molecule has 2 rings (SSSR count). The van der Waals surface area contributed by atoms with Crippen molar-refractivity contribution < 1.29 is 4.79 Å². The molecule has 2 aromatic carbocycles. The summed E-state index contributed by atoms with van der Waals surface area (Å²) in [4.78, 5) is 14.5. The van der Waals surface area contributed by atoms with Gasteiger partial charge >= 0.3 is 0 Å². The average molecular weight is 303 g/mol. The Morgan fingerprint density at radius 2 is 1.86 bits per heavy atom. The first kappa shape index (κ1) is 15.4. The Labute approximate surface area is 130 Å². The maximum Gasteiger partial charge on any atom is 0.256 e. The second-order valence-electron chi connectivity index (χ2n) is 4.91. The van der Waals surface area contributed by atoms with Crippen molar-refractivity contribution >= 4 is 23.2 Å². The van der Waals surface area contributed by atoms with E-state index in [-0.39, 0.29) is 5.91 Å². The molecule has 2 aromatic rings. The van der Waals surface area contributed by atoms with E-state index in [2.05, 4.69) is 0 Å². The third-order valence-corrected chi connectivity index (χ3v) is 3.61. The number of carbonyl (C=O) groups is 1. The lowest BCUT2D eigenvalue weighted by Gasteiger charge is -2.23. The number of para-hydroxylation sites is 1. The average Bonchev–Trinajstić information content (AvgIpc) is 2.50. The van der Waals surface area contributed by atoms with E-state index < -0.39 is 0 Å². The van der Waals surface area contributed by atoms with Crippen LogP contribution in [0.5, 0.6) is 0 Å². The van der Waals surface area contributed by atoms with Gasteiger partial charge in [-0.3, -0.25) is 4.79 Å². The van der Waals surface area contributed by atoms with E-state index in [0.29, 0.717) is 29.4 Å². The molecule has 0 fully saturated rings. The van der Waals surface area contributed by atoms with E-state index in [1.165, 1.54) is 0 Å². The van der Waals surface area contributed by atoms with Crippen LogP contribution in [0.1, 0.15) is 29.3 Å². The minimum atomic E-state index is -0.0827. The lowest BCUT2D eigenvalue weighted by molar-refractivity contribution is 0.0744. The molecule has 0 radical (unpaired) electrons. The Balaban J connectivity index is 2.25. The Morgan fingerprint density at radius 3 is 2.52 bits per heavy atom. The quantitative estimate of drug-likeness (QED) is 0.849. The summed E-state index contributed by atoms with van der Waals surface area (Å²) < 4.78 is 0. The zero-order valence-electron chi connectivity index (χ0n) is 12.1. The van der Waals surface area contributed by atoms with Crippen LogP contribution in [0.25, 0.3) is 0 Å². The first-order valence-corrected chi connectivity index (χ1v) is 7.38. The van der Waals surface area contributed by atoms with Crippen LogP contribution in [-0.2, 0) is 6.54 Å². The van der Waals surface area contributed by atoms with Crippen LogP contribution in [0.15, 0.2) is 48.5 Å². The molecule has 2 N–H and O–H groups in total. The Hall–Kier alpha value is -2.00. The zero-order valence-corrected chi connectivity index (χ0v) is 12.8. The number of hydrogen-bond donors (Lipinski definition) is 1. The predicted molar refractivity (Wildman–Crippen MR) is 87.3 cm³/mol. The zero-order chi connectivity index (χ0) is 15.2. The third kappa shape index (κ3) is 3.76. The highest BCUT2D eigenvalue weighted by Crippen LogP contribution is 2.24. The molecule has 0 heterocycles. The molecule has 0 aliphatic carbocycles. The molecular weight excluding hydrogens is 284 g/mol. The molecule has 0 saturated carbocycles. The van der Waals surface area contributed by atoms with Gasteiger partial charge in [0.05, 0.1) is 16.3 Å². The number of amides is 1. The van der Waals surface area contributed by atoms with Gasteiger partial charge in [0.2, 0.25) is 0 Å². The van der Waals surface area contributed by atoms with Gasteiger partial charge in [-0.25, -0.2) is 0 Å². The maximum atomic E-state index is 12.7. The van der Waals surface area contributed by atoms with E-state index in [0.717, 1.165) is 12.0 Å². The molecule has 0 saturated heterocycles. The van der Waals surface area contributed by atoms with Crippen molar-refractivity contribution in [2.75, 3.05) is 12.3 Å². The summed E-state index contributed by atoms with van der Waals surface area (Å²) in [5, 5.41) is 0.414. The summed E-state index contributed by atoms with van der Waals surface area (Å²) in [6, 6.07) is 15.1. The second kappa shape index (κ2) is 7.14. The molecule has 0 aliphatic rings. The first-order valence-electron chi connectivity index (χ1n) is 7.00. The lowest BCUT2D eigenvalue weighted by Crippen LogP contribution is -2.31. The molecule has 110 valence electrons. The van der Waals surface area contributed by atoms with Crippen molar-refractivity contribution in [1.29, 1.82) is 0 Å². The molecule has 4 heteroatoms. The summed E-state index contributed by atoms with van der Waals surface area (Å²) in [5.74, 6) is -0.0827. The molecule has 0 bridgehead atoms. The molecule has 0 aliphatic heterocycles. The minimum Gasteiger partial charge on any atom is -0.397 e. The Kier molecular flexibility index (Phi) is 5.23. The van der Waals surface area contributed by atoms with Gasteiger partial charge in [0.15, 0.2) is 0 Å². The number of halogens is 1. The van der Waals surface area contributed by atoms with Gasteiger partial charge in [-0.15, -0.1) is 0 Å². The SMILES string of the molecule is CCCN(Cc1ccccc1)C(=O)c1cccc(Cl)c1N. The number of benzene rings is 2. The number of nitrogens with zero attached hydrogens (tertiary/aromatic N) is 1. The van der Waals surface area contributed by atoms with Crippen molar-refractivity contribution in [1.82, 2.24) is 4.90 Å². The van der Waals surface area contributed by atoms with Crippen LogP contribution in [-0.4, -0.2) is 17.4 Å². The highest BCUT2D eigenvalue weighted by molar-refractivity contribution is 6.33. The summed E-state index contributed by atoms with van der Waals surface area (Å²) in [5.41, 5.74) is 7.84. The van der Waals surface area contributed by atoms with Crippen molar-refractivity contribution in [2.45, 2.75) is 19.9 Å². The Morgan fingerprint density at radius 1 is 1.14 bits per heavy atom. The van der Waals surface area contributed by atoms with Crippen LogP contribution in [0.3, 0.4) is 0 Å². The van der Waals surface area contributed by atoms with Gasteiger partial charge in [0, 0.05) is 13.1 Å². The molecule has 0 atom stereocenters. The number of anilines is 1. The predicted octanol–water partition coefficient (Wildman–Crippen LogP) is 3.97. The van der Waals surface area contributed by atoms with Crippen LogP contribution in [0.4, 0.5) is 5.69 Å². The molecule has 1 amide bonds. The molecule has 0 spiro atoms. The number of hydrogen-bond acceptors (Lipinski definition) is 2. The topological polar surface area (TPSA) is 46.3 Å². The van der Waals surface area contributed by atoms with E-state index in [4.69, 9.17) is 17.3 Å². The maximum absolute atomic E-state index is 12.7. The van der Waals surface area contributed by atoms with Crippen molar-refractivity contribution in [2.24, 2.45) is 0 Å². The number of nitrogens with two attached hydrogens (primary N) is 1. The van der Waals surface area contributed by atoms with Crippen LogP contribution < -0.4 is 5.73 Å². The second-order valence-corrected chi connectivity index (χ2v) is 5.32. The van der Waals surface area contributed by atoms with Crippen molar-refractivity contribution in [3.05, 3.63) is 64.7 Å². The van der Waals surface area contributed by atoms with Gasteiger partial charge in [0.25, 0.3) is 5.91 Å². The smallest absolute Gasteiger partial charge is 0.256 e. The monoisotopic (exact) mass is 302 g/mol. The van der Waals surface area contributed by atoms with E-state index in [9.17, 15) is 4.79 Å². The number of rotatable bonds is 5. The molecule has 21 heavy (non-hydrogen) atoms. The fourth-order valence-corrected chi connectivity index (χ4v) is 2.39. The van der Waals surface area contributed by atoms with Gasteiger partial charge < -0.3 is 10.6 Å². The van der Waals surface area contributed by atoms with Crippen LogP contribution in [0.2, 0.25) is 5.02 Å². The summed E-state index contributed by atoms with van der Waals surface area (Å²) in [7, 11) is 0. The third-order valence-electron chi connectivity index (χ3n) is 3.28. The molecular formula is C17H19ClN2O. The molecule has 3 nitrogen and oxygen atoms in total. The standard InChI is InChI=1S/C17H19ClN2O/c1-2-11-20(12-13-7-4-3-5-8-13)17(21)14-9-6-10-15(18)16(14)19/h3-10H,2,11-12,19H2,1H3.